The monoisotopic (exact) mass is 346 g/mol. The van der Waals surface area contributed by atoms with Gasteiger partial charge in [-0.25, -0.2) is 4.79 Å². The molecular weight excluding hydrogens is 324 g/mol. The summed E-state index contributed by atoms with van der Waals surface area (Å²) in [6.45, 7) is 2.21. The third-order valence-electron chi connectivity index (χ3n) is 3.91. The van der Waals surface area contributed by atoms with Gasteiger partial charge in [-0.15, -0.1) is 11.8 Å². The van der Waals surface area contributed by atoms with Crippen molar-refractivity contribution >= 4 is 23.5 Å². The van der Waals surface area contributed by atoms with Gasteiger partial charge >= 0.3 is 6.03 Å². The number of rotatable bonds is 6. The van der Waals surface area contributed by atoms with Gasteiger partial charge < -0.3 is 15.2 Å². The zero-order valence-electron chi connectivity index (χ0n) is 13.7. The second kappa shape index (κ2) is 8.19. The van der Waals surface area contributed by atoms with Crippen molar-refractivity contribution < 1.29 is 9.32 Å². The highest BCUT2D eigenvalue weighted by molar-refractivity contribution is 8.00. The van der Waals surface area contributed by atoms with Gasteiger partial charge in [0.1, 0.15) is 0 Å². The number of anilines is 1. The lowest BCUT2D eigenvalue weighted by Gasteiger charge is -2.10. The molecule has 0 saturated heterocycles. The van der Waals surface area contributed by atoms with E-state index in [0.29, 0.717) is 24.7 Å². The fraction of sp³-hybridized carbons (Fsp3) is 0.471. The Morgan fingerprint density at radius 2 is 2.04 bits per heavy atom. The molecule has 1 aliphatic carbocycles. The molecule has 0 unspecified atom stereocenters. The average molecular weight is 346 g/mol. The predicted molar refractivity (Wildman–Crippen MR) is 94.3 cm³/mol. The number of thioether (sulfide) groups is 1. The first-order chi connectivity index (χ1) is 11.7. The maximum Gasteiger partial charge on any atom is 0.319 e. The van der Waals surface area contributed by atoms with Crippen LogP contribution in [0.25, 0.3) is 0 Å². The molecule has 0 bridgehead atoms. The molecule has 7 heteroatoms. The maximum absolute atomic E-state index is 11.9. The molecule has 1 heterocycles. The quantitative estimate of drug-likeness (QED) is 0.832. The number of amides is 2. The molecule has 1 aromatic heterocycles. The number of aryl methyl sites for hydroxylation is 1. The molecule has 2 N–H and O–H groups in total. The molecular formula is C17H22N4O2S. The summed E-state index contributed by atoms with van der Waals surface area (Å²) in [5, 5.41) is 10.1. The van der Waals surface area contributed by atoms with Gasteiger partial charge in [-0.3, -0.25) is 0 Å². The second-order valence-electron chi connectivity index (χ2n) is 5.91. The van der Waals surface area contributed by atoms with E-state index in [2.05, 4.69) is 32.9 Å². The first kappa shape index (κ1) is 16.8. The number of aromatic nitrogens is 2. The molecule has 1 aliphatic rings. The van der Waals surface area contributed by atoms with E-state index in [-0.39, 0.29) is 6.03 Å². The molecule has 2 amide bonds. The fourth-order valence-corrected chi connectivity index (χ4v) is 3.96. The van der Waals surface area contributed by atoms with E-state index in [0.717, 1.165) is 10.9 Å². The van der Waals surface area contributed by atoms with Crippen molar-refractivity contribution in [2.75, 3.05) is 11.9 Å². The van der Waals surface area contributed by atoms with Gasteiger partial charge in [0.25, 0.3) is 0 Å². The summed E-state index contributed by atoms with van der Waals surface area (Å²) in [6.07, 6.45) is 5.84. The molecule has 128 valence electrons. The van der Waals surface area contributed by atoms with Crippen LogP contribution in [0.15, 0.2) is 33.7 Å². The summed E-state index contributed by atoms with van der Waals surface area (Å²) in [4.78, 5) is 17.2. The van der Waals surface area contributed by atoms with Crippen LogP contribution in [0.4, 0.5) is 10.5 Å². The molecule has 1 aromatic carbocycles. The van der Waals surface area contributed by atoms with E-state index >= 15 is 0 Å². The predicted octanol–water partition coefficient (Wildman–Crippen LogP) is 3.78. The van der Waals surface area contributed by atoms with Crippen LogP contribution < -0.4 is 10.6 Å². The van der Waals surface area contributed by atoms with E-state index in [9.17, 15) is 4.79 Å². The molecule has 0 aliphatic heterocycles. The van der Waals surface area contributed by atoms with Gasteiger partial charge in [-0.05, 0) is 44.0 Å². The van der Waals surface area contributed by atoms with Crippen molar-refractivity contribution in [3.63, 3.8) is 0 Å². The Bertz CT molecular complexity index is 665. The van der Waals surface area contributed by atoms with Gasteiger partial charge in [0.2, 0.25) is 5.89 Å². The normalized spacial score (nSPS) is 14.7. The SMILES string of the molecule is Cc1noc(CCNC(=O)Nc2ccc(SC3CCCC3)cc2)n1. The molecule has 0 atom stereocenters. The maximum atomic E-state index is 11.9. The Balaban J connectivity index is 1.40. The van der Waals surface area contributed by atoms with Gasteiger partial charge in [0.05, 0.1) is 0 Å². The summed E-state index contributed by atoms with van der Waals surface area (Å²) in [5.41, 5.74) is 0.789. The van der Waals surface area contributed by atoms with Crippen molar-refractivity contribution in [3.8, 4) is 0 Å². The Labute approximate surface area is 145 Å². The summed E-state index contributed by atoms with van der Waals surface area (Å²) >= 11 is 1.94. The summed E-state index contributed by atoms with van der Waals surface area (Å²) in [6, 6.07) is 7.79. The Morgan fingerprint density at radius 1 is 1.29 bits per heavy atom. The summed E-state index contributed by atoms with van der Waals surface area (Å²) < 4.78 is 5.00. The summed E-state index contributed by atoms with van der Waals surface area (Å²) in [5.74, 6) is 1.13. The number of carbonyl (C=O) groups is 1. The Kier molecular flexibility index (Phi) is 5.74. The minimum absolute atomic E-state index is 0.234. The van der Waals surface area contributed by atoms with E-state index in [1.54, 1.807) is 6.92 Å². The fourth-order valence-electron chi connectivity index (χ4n) is 2.72. The van der Waals surface area contributed by atoms with Gasteiger partial charge in [0, 0.05) is 28.8 Å². The second-order valence-corrected chi connectivity index (χ2v) is 7.29. The van der Waals surface area contributed by atoms with Gasteiger partial charge in [-0.1, -0.05) is 18.0 Å². The molecule has 24 heavy (non-hydrogen) atoms. The Morgan fingerprint density at radius 3 is 2.71 bits per heavy atom. The number of urea groups is 1. The highest BCUT2D eigenvalue weighted by Crippen LogP contribution is 2.34. The van der Waals surface area contributed by atoms with Crippen LogP contribution in [0.5, 0.6) is 0 Å². The number of benzene rings is 1. The third-order valence-corrected chi connectivity index (χ3v) is 5.26. The van der Waals surface area contributed by atoms with E-state index in [1.807, 2.05) is 23.9 Å². The van der Waals surface area contributed by atoms with Crippen LogP contribution in [0, 0.1) is 6.92 Å². The van der Waals surface area contributed by atoms with E-state index in [4.69, 9.17) is 4.52 Å². The molecule has 6 nitrogen and oxygen atoms in total. The number of hydrogen-bond acceptors (Lipinski definition) is 5. The van der Waals surface area contributed by atoms with Crippen molar-refractivity contribution in [3.05, 3.63) is 36.0 Å². The number of nitrogens with one attached hydrogen (secondary N) is 2. The van der Waals surface area contributed by atoms with Gasteiger partial charge in [-0.2, -0.15) is 4.98 Å². The summed E-state index contributed by atoms with van der Waals surface area (Å²) in [7, 11) is 0. The zero-order valence-corrected chi connectivity index (χ0v) is 14.6. The average Bonchev–Trinajstić information content (AvgIpc) is 3.21. The minimum Gasteiger partial charge on any atom is -0.339 e. The van der Waals surface area contributed by atoms with E-state index in [1.165, 1.54) is 30.6 Å². The molecule has 1 saturated carbocycles. The number of hydrogen-bond donors (Lipinski definition) is 2. The standard InChI is InChI=1S/C17H22N4O2S/c1-12-19-16(23-21-12)10-11-18-17(22)20-13-6-8-15(9-7-13)24-14-4-2-3-5-14/h6-9,14H,2-5,10-11H2,1H3,(H2,18,20,22). The number of carbonyl (C=O) groups excluding carboxylic acids is 1. The zero-order chi connectivity index (χ0) is 16.8. The van der Waals surface area contributed by atoms with E-state index < -0.39 is 0 Å². The van der Waals surface area contributed by atoms with Crippen molar-refractivity contribution in [1.29, 1.82) is 0 Å². The molecule has 2 aromatic rings. The van der Waals surface area contributed by atoms with Crippen molar-refractivity contribution in [1.82, 2.24) is 15.5 Å². The first-order valence-electron chi connectivity index (χ1n) is 8.30. The van der Waals surface area contributed by atoms with Crippen LogP contribution in [0.2, 0.25) is 0 Å². The minimum atomic E-state index is -0.234. The third kappa shape index (κ3) is 4.99. The molecule has 0 spiro atoms. The molecule has 3 rings (SSSR count). The number of nitrogens with zero attached hydrogens (tertiary/aromatic N) is 2. The highest BCUT2D eigenvalue weighted by Gasteiger charge is 2.15. The molecule has 0 radical (unpaired) electrons. The smallest absolute Gasteiger partial charge is 0.319 e. The first-order valence-corrected chi connectivity index (χ1v) is 9.18. The van der Waals surface area contributed by atoms with Crippen LogP contribution in [0.1, 0.15) is 37.4 Å². The van der Waals surface area contributed by atoms with Gasteiger partial charge in [0.15, 0.2) is 5.82 Å². The Hall–Kier alpha value is -2.02. The van der Waals surface area contributed by atoms with Crippen LogP contribution in [-0.2, 0) is 6.42 Å². The van der Waals surface area contributed by atoms with Crippen molar-refractivity contribution in [2.45, 2.75) is 49.2 Å². The van der Waals surface area contributed by atoms with Crippen LogP contribution >= 0.6 is 11.8 Å². The molecule has 1 fully saturated rings. The topological polar surface area (TPSA) is 80.0 Å². The lowest BCUT2D eigenvalue weighted by Crippen LogP contribution is -2.30. The lowest BCUT2D eigenvalue weighted by atomic mass is 10.3. The largest absolute Gasteiger partial charge is 0.339 e. The van der Waals surface area contributed by atoms with Crippen molar-refractivity contribution in [2.24, 2.45) is 0 Å². The van der Waals surface area contributed by atoms with Crippen LogP contribution in [0.3, 0.4) is 0 Å². The van der Waals surface area contributed by atoms with Crippen LogP contribution in [-0.4, -0.2) is 28.0 Å². The lowest BCUT2D eigenvalue weighted by molar-refractivity contribution is 0.252. The highest BCUT2D eigenvalue weighted by atomic mass is 32.2.